The Kier molecular flexibility index (Phi) is 3.50. The minimum atomic E-state index is -0.428. The van der Waals surface area contributed by atoms with Gasteiger partial charge in [0, 0.05) is 20.1 Å². The summed E-state index contributed by atoms with van der Waals surface area (Å²) < 4.78 is 10.6. The van der Waals surface area contributed by atoms with Crippen molar-refractivity contribution >= 4 is 5.91 Å². The lowest BCUT2D eigenvalue weighted by molar-refractivity contribution is -0.132. The van der Waals surface area contributed by atoms with Crippen LogP contribution in [-0.2, 0) is 11.3 Å². The van der Waals surface area contributed by atoms with Crippen LogP contribution < -0.4 is 14.8 Å². The van der Waals surface area contributed by atoms with Crippen LogP contribution in [-0.4, -0.2) is 48.4 Å². The molecule has 0 bridgehead atoms. The van der Waals surface area contributed by atoms with Crippen LogP contribution in [0.5, 0.6) is 11.5 Å². The zero-order valence-electron chi connectivity index (χ0n) is 11.3. The fourth-order valence-corrected chi connectivity index (χ4v) is 2.56. The van der Waals surface area contributed by atoms with Crippen molar-refractivity contribution in [3.8, 4) is 11.5 Å². The van der Waals surface area contributed by atoms with E-state index in [9.17, 15) is 9.90 Å². The van der Waals surface area contributed by atoms with Gasteiger partial charge in [0.1, 0.15) is 0 Å². The van der Waals surface area contributed by atoms with Gasteiger partial charge in [-0.05, 0) is 24.1 Å². The first-order valence-corrected chi connectivity index (χ1v) is 6.68. The number of hydrogen-bond acceptors (Lipinski definition) is 5. The van der Waals surface area contributed by atoms with E-state index in [-0.39, 0.29) is 18.7 Å². The summed E-state index contributed by atoms with van der Waals surface area (Å²) in [5.41, 5.74) is 0.989. The Bertz CT molecular complexity index is 520. The van der Waals surface area contributed by atoms with Crippen LogP contribution in [0.1, 0.15) is 12.0 Å². The molecule has 0 aromatic heterocycles. The highest BCUT2D eigenvalue weighted by atomic mass is 16.7. The molecule has 1 aromatic carbocycles. The molecule has 2 heterocycles. The highest BCUT2D eigenvalue weighted by molar-refractivity contribution is 5.82. The van der Waals surface area contributed by atoms with Crippen molar-refractivity contribution in [1.82, 2.24) is 10.2 Å². The maximum atomic E-state index is 12.2. The third-order valence-electron chi connectivity index (χ3n) is 3.64. The second kappa shape index (κ2) is 5.30. The van der Waals surface area contributed by atoms with Crippen LogP contribution in [0.3, 0.4) is 0 Å². The number of nitrogens with zero attached hydrogens (tertiary/aromatic N) is 1. The van der Waals surface area contributed by atoms with Gasteiger partial charge in [-0.3, -0.25) is 4.79 Å². The topological polar surface area (TPSA) is 71.0 Å². The lowest BCUT2D eigenvalue weighted by atomic mass is 10.1. The Labute approximate surface area is 117 Å². The second-order valence-electron chi connectivity index (χ2n) is 5.23. The Morgan fingerprint density at radius 3 is 3.00 bits per heavy atom. The number of rotatable bonds is 3. The number of carbonyl (C=O) groups excluding carboxylic acids is 1. The molecule has 0 radical (unpaired) electrons. The standard InChI is InChI=1S/C14H18N2O4/c1-16(14(18)11-5-10(17)6-15-11)7-9-2-3-12-13(4-9)20-8-19-12/h2-4,10-11,15,17H,5-8H2,1H3/t10-,11-/m0/s1. The van der Waals surface area contributed by atoms with Crippen molar-refractivity contribution in [2.45, 2.75) is 25.1 Å². The van der Waals surface area contributed by atoms with Crippen LogP contribution >= 0.6 is 0 Å². The Morgan fingerprint density at radius 1 is 1.45 bits per heavy atom. The van der Waals surface area contributed by atoms with E-state index in [4.69, 9.17) is 9.47 Å². The molecule has 0 unspecified atom stereocenters. The van der Waals surface area contributed by atoms with E-state index in [1.807, 2.05) is 18.2 Å². The summed E-state index contributed by atoms with van der Waals surface area (Å²) in [6.45, 7) is 1.23. The van der Waals surface area contributed by atoms with Gasteiger partial charge < -0.3 is 24.8 Å². The van der Waals surface area contributed by atoms with E-state index in [0.29, 0.717) is 19.5 Å². The van der Waals surface area contributed by atoms with Crippen LogP contribution in [0, 0.1) is 0 Å². The highest BCUT2D eigenvalue weighted by Gasteiger charge is 2.30. The number of carbonyl (C=O) groups is 1. The minimum Gasteiger partial charge on any atom is -0.454 e. The van der Waals surface area contributed by atoms with Crippen molar-refractivity contribution in [2.24, 2.45) is 0 Å². The van der Waals surface area contributed by atoms with E-state index in [1.54, 1.807) is 11.9 Å². The third-order valence-corrected chi connectivity index (χ3v) is 3.64. The minimum absolute atomic E-state index is 0.000725. The first kappa shape index (κ1) is 13.2. The zero-order chi connectivity index (χ0) is 14.1. The summed E-state index contributed by atoms with van der Waals surface area (Å²) in [7, 11) is 1.76. The lowest BCUT2D eigenvalue weighted by Gasteiger charge is -2.21. The Balaban J connectivity index is 1.63. The molecular formula is C14H18N2O4. The van der Waals surface area contributed by atoms with Crippen molar-refractivity contribution in [3.05, 3.63) is 23.8 Å². The quantitative estimate of drug-likeness (QED) is 0.820. The third kappa shape index (κ3) is 2.57. The number of fused-ring (bicyclic) bond motifs is 1. The summed E-state index contributed by atoms with van der Waals surface area (Å²) in [4.78, 5) is 13.9. The Hall–Kier alpha value is -1.79. The molecule has 108 valence electrons. The van der Waals surface area contributed by atoms with Gasteiger partial charge in [-0.2, -0.15) is 0 Å². The maximum absolute atomic E-state index is 12.2. The van der Waals surface area contributed by atoms with E-state index in [2.05, 4.69) is 5.32 Å². The molecule has 2 aliphatic rings. The van der Waals surface area contributed by atoms with Crippen molar-refractivity contribution < 1.29 is 19.4 Å². The monoisotopic (exact) mass is 278 g/mol. The van der Waals surface area contributed by atoms with Gasteiger partial charge in [0.15, 0.2) is 11.5 Å². The van der Waals surface area contributed by atoms with Crippen molar-refractivity contribution in [1.29, 1.82) is 0 Å². The van der Waals surface area contributed by atoms with E-state index >= 15 is 0 Å². The first-order valence-electron chi connectivity index (χ1n) is 6.68. The number of hydrogen-bond donors (Lipinski definition) is 2. The Morgan fingerprint density at radius 2 is 2.25 bits per heavy atom. The van der Waals surface area contributed by atoms with Gasteiger partial charge in [-0.1, -0.05) is 6.07 Å². The number of β-amino-alcohol motifs (C(OH)–C–C–N with tert-alkyl or cyclic N) is 1. The average Bonchev–Trinajstić information content (AvgIpc) is 3.05. The molecule has 3 rings (SSSR count). The highest BCUT2D eigenvalue weighted by Crippen LogP contribution is 2.32. The van der Waals surface area contributed by atoms with Crippen LogP contribution in [0.25, 0.3) is 0 Å². The largest absolute Gasteiger partial charge is 0.454 e. The molecule has 1 aromatic rings. The number of aliphatic hydroxyl groups excluding tert-OH is 1. The molecule has 0 aliphatic carbocycles. The van der Waals surface area contributed by atoms with E-state index in [0.717, 1.165) is 17.1 Å². The van der Waals surface area contributed by atoms with Gasteiger partial charge in [0.2, 0.25) is 12.7 Å². The van der Waals surface area contributed by atoms with E-state index < -0.39 is 6.10 Å². The summed E-state index contributed by atoms with van der Waals surface area (Å²) in [5, 5.41) is 12.5. The summed E-state index contributed by atoms with van der Waals surface area (Å²) in [6, 6.07) is 5.38. The number of ether oxygens (including phenoxy) is 2. The molecule has 2 aliphatic heterocycles. The van der Waals surface area contributed by atoms with Gasteiger partial charge >= 0.3 is 0 Å². The van der Waals surface area contributed by atoms with Crippen molar-refractivity contribution in [2.75, 3.05) is 20.4 Å². The van der Waals surface area contributed by atoms with Gasteiger partial charge in [0.05, 0.1) is 12.1 Å². The molecule has 6 nitrogen and oxygen atoms in total. The molecule has 1 saturated heterocycles. The SMILES string of the molecule is CN(Cc1ccc2c(c1)OCO2)C(=O)[C@@H]1C[C@H](O)CN1. The fraction of sp³-hybridized carbons (Fsp3) is 0.500. The van der Waals surface area contributed by atoms with E-state index in [1.165, 1.54) is 0 Å². The molecule has 0 saturated carbocycles. The smallest absolute Gasteiger partial charge is 0.239 e. The summed E-state index contributed by atoms with van der Waals surface area (Å²) >= 11 is 0. The number of nitrogens with one attached hydrogen (secondary N) is 1. The molecule has 0 spiro atoms. The number of aliphatic hydroxyl groups is 1. The number of benzene rings is 1. The second-order valence-corrected chi connectivity index (χ2v) is 5.23. The molecule has 6 heteroatoms. The zero-order valence-corrected chi connectivity index (χ0v) is 11.3. The molecule has 20 heavy (non-hydrogen) atoms. The predicted octanol–water partition coefficient (Wildman–Crippen LogP) is 0.0965. The fourth-order valence-electron chi connectivity index (χ4n) is 2.56. The van der Waals surface area contributed by atoms with Crippen LogP contribution in [0.2, 0.25) is 0 Å². The molecular weight excluding hydrogens is 260 g/mol. The van der Waals surface area contributed by atoms with Gasteiger partial charge in [-0.15, -0.1) is 0 Å². The lowest BCUT2D eigenvalue weighted by Crippen LogP contribution is -2.41. The number of amides is 1. The average molecular weight is 278 g/mol. The van der Waals surface area contributed by atoms with Crippen molar-refractivity contribution in [3.63, 3.8) is 0 Å². The molecule has 2 atom stereocenters. The normalized spacial score (nSPS) is 23.9. The number of likely N-dealkylation sites (N-methyl/N-ethyl adjacent to an activating group) is 1. The summed E-state index contributed by atoms with van der Waals surface area (Å²) in [6.07, 6.45) is 0.0486. The molecule has 1 fully saturated rings. The summed E-state index contributed by atoms with van der Waals surface area (Å²) in [5.74, 6) is 1.46. The van der Waals surface area contributed by atoms with Crippen LogP contribution in [0.15, 0.2) is 18.2 Å². The van der Waals surface area contributed by atoms with Gasteiger partial charge in [-0.25, -0.2) is 0 Å². The predicted molar refractivity (Wildman–Crippen MR) is 71.5 cm³/mol. The first-order chi connectivity index (χ1) is 9.63. The van der Waals surface area contributed by atoms with Gasteiger partial charge in [0.25, 0.3) is 0 Å². The van der Waals surface area contributed by atoms with Crippen LogP contribution in [0.4, 0.5) is 0 Å². The molecule has 1 amide bonds. The molecule has 2 N–H and O–H groups in total. The maximum Gasteiger partial charge on any atom is 0.239 e.